The van der Waals surface area contributed by atoms with Gasteiger partial charge in [-0.25, -0.2) is 4.98 Å². The van der Waals surface area contributed by atoms with E-state index in [2.05, 4.69) is 27.4 Å². The number of fused-ring (bicyclic) bond motifs is 3. The first-order chi connectivity index (χ1) is 11.0. The van der Waals surface area contributed by atoms with E-state index in [0.717, 1.165) is 44.4 Å². The van der Waals surface area contributed by atoms with Gasteiger partial charge in [-0.2, -0.15) is 0 Å². The third-order valence-corrected chi connectivity index (χ3v) is 6.35. The topological polar surface area (TPSA) is 44.1 Å². The molecule has 1 aliphatic heterocycles. The third-order valence-electron chi connectivity index (χ3n) is 4.39. The summed E-state index contributed by atoms with van der Waals surface area (Å²) in [4.78, 5) is 19.8. The maximum atomic E-state index is 13.1. The van der Waals surface area contributed by atoms with E-state index in [1.54, 1.807) is 33.7 Å². The van der Waals surface area contributed by atoms with E-state index in [4.69, 9.17) is 9.72 Å². The van der Waals surface area contributed by atoms with Gasteiger partial charge in [0, 0.05) is 17.8 Å². The van der Waals surface area contributed by atoms with Crippen molar-refractivity contribution in [2.45, 2.75) is 57.5 Å². The molecule has 6 heteroatoms. The highest BCUT2D eigenvalue weighted by atomic mass is 32.2. The smallest absolute Gasteiger partial charge is 0.263 e. The summed E-state index contributed by atoms with van der Waals surface area (Å²) in [7, 11) is 0. The first-order valence-corrected chi connectivity index (χ1v) is 9.76. The number of nitrogens with zero attached hydrogens (tertiary/aromatic N) is 2. The minimum atomic E-state index is -0.187. The van der Waals surface area contributed by atoms with Crippen molar-refractivity contribution in [1.29, 1.82) is 0 Å². The molecule has 3 heterocycles. The van der Waals surface area contributed by atoms with Crippen LogP contribution < -0.4 is 5.56 Å². The lowest BCUT2D eigenvalue weighted by Gasteiger charge is -2.32. The van der Waals surface area contributed by atoms with E-state index < -0.39 is 0 Å². The zero-order valence-corrected chi connectivity index (χ0v) is 15.5. The first kappa shape index (κ1) is 16.7. The molecule has 1 atom stereocenters. The van der Waals surface area contributed by atoms with Gasteiger partial charge in [-0.1, -0.05) is 31.7 Å². The minimum Gasteiger partial charge on any atom is -0.369 e. The summed E-state index contributed by atoms with van der Waals surface area (Å²) in [5.74, 6) is 0.886. The van der Waals surface area contributed by atoms with Crippen LogP contribution in [0.15, 0.2) is 22.6 Å². The Kier molecular flexibility index (Phi) is 4.67. The van der Waals surface area contributed by atoms with Gasteiger partial charge in [0.1, 0.15) is 4.83 Å². The molecule has 1 aliphatic rings. The van der Waals surface area contributed by atoms with Crippen LogP contribution in [0.4, 0.5) is 0 Å². The molecular weight excluding hydrogens is 328 g/mol. The summed E-state index contributed by atoms with van der Waals surface area (Å²) in [5, 5.41) is 1.57. The molecule has 0 fully saturated rings. The van der Waals surface area contributed by atoms with Gasteiger partial charge in [-0.15, -0.1) is 17.9 Å². The van der Waals surface area contributed by atoms with Gasteiger partial charge in [-0.3, -0.25) is 9.36 Å². The highest BCUT2D eigenvalue weighted by molar-refractivity contribution is 7.99. The second kappa shape index (κ2) is 6.42. The van der Waals surface area contributed by atoms with Crippen LogP contribution in [0.25, 0.3) is 10.2 Å². The highest BCUT2D eigenvalue weighted by Gasteiger charge is 2.33. The second-order valence-corrected chi connectivity index (χ2v) is 8.30. The van der Waals surface area contributed by atoms with E-state index >= 15 is 0 Å². The SMILES string of the molecule is C=CCn1c(SCC)nc2sc3c(c2c1=O)C[C@@](C)(CC)OC3. The molecule has 2 aromatic rings. The zero-order valence-electron chi connectivity index (χ0n) is 13.8. The molecule has 0 spiro atoms. The monoisotopic (exact) mass is 350 g/mol. The molecule has 0 bridgehead atoms. The molecule has 0 aromatic carbocycles. The minimum absolute atomic E-state index is 0.0590. The summed E-state index contributed by atoms with van der Waals surface area (Å²) >= 11 is 3.20. The largest absolute Gasteiger partial charge is 0.369 e. The fourth-order valence-corrected chi connectivity index (χ4v) is 4.77. The van der Waals surface area contributed by atoms with E-state index in [1.807, 2.05) is 0 Å². The zero-order chi connectivity index (χ0) is 16.6. The standard InChI is InChI=1S/C17H22N2O2S2/c1-5-8-19-15(20)13-11-9-17(4,6-2)21-10-12(11)23-14(13)18-16(19)22-7-3/h5H,1,6-10H2,2-4H3/t17-/m1/s1. The van der Waals surface area contributed by atoms with Crippen molar-refractivity contribution >= 4 is 33.3 Å². The van der Waals surface area contributed by atoms with E-state index in [0.29, 0.717) is 13.2 Å². The van der Waals surface area contributed by atoms with Crippen LogP contribution >= 0.6 is 23.1 Å². The number of hydrogen-bond acceptors (Lipinski definition) is 5. The van der Waals surface area contributed by atoms with Crippen LogP contribution in [0.3, 0.4) is 0 Å². The number of thioether (sulfide) groups is 1. The van der Waals surface area contributed by atoms with Gasteiger partial charge in [0.05, 0.1) is 17.6 Å². The van der Waals surface area contributed by atoms with Crippen LogP contribution in [-0.2, 0) is 24.3 Å². The van der Waals surface area contributed by atoms with Crippen molar-refractivity contribution in [1.82, 2.24) is 9.55 Å². The summed E-state index contributed by atoms with van der Waals surface area (Å²) in [5.41, 5.74) is 1.01. The predicted molar refractivity (Wildman–Crippen MR) is 97.7 cm³/mol. The number of ether oxygens (including phenoxy) is 1. The molecule has 0 amide bonds. The Balaban J connectivity index is 2.23. The first-order valence-electron chi connectivity index (χ1n) is 7.95. The van der Waals surface area contributed by atoms with Crippen LogP contribution in [-0.4, -0.2) is 20.9 Å². The van der Waals surface area contributed by atoms with Gasteiger partial charge < -0.3 is 4.74 Å². The van der Waals surface area contributed by atoms with Crippen LogP contribution in [0, 0.1) is 0 Å². The van der Waals surface area contributed by atoms with Gasteiger partial charge in [0.15, 0.2) is 5.16 Å². The molecule has 124 valence electrons. The predicted octanol–water partition coefficient (Wildman–Crippen LogP) is 4.00. The Hall–Kier alpha value is -1.11. The van der Waals surface area contributed by atoms with Crippen molar-refractivity contribution in [3.05, 3.63) is 33.4 Å². The summed E-state index contributed by atoms with van der Waals surface area (Å²) in [6, 6.07) is 0. The number of hydrogen-bond donors (Lipinski definition) is 0. The number of allylic oxidation sites excluding steroid dienone is 1. The molecule has 3 rings (SSSR count). The Morgan fingerprint density at radius 3 is 2.96 bits per heavy atom. The Labute approximate surface area is 144 Å². The lowest BCUT2D eigenvalue weighted by molar-refractivity contribution is -0.0543. The van der Waals surface area contributed by atoms with Gasteiger partial charge >= 0.3 is 0 Å². The van der Waals surface area contributed by atoms with Crippen LogP contribution in [0.2, 0.25) is 0 Å². The lowest BCUT2D eigenvalue weighted by Crippen LogP contribution is -2.34. The number of aromatic nitrogens is 2. The average molecular weight is 351 g/mol. The fourth-order valence-electron chi connectivity index (χ4n) is 2.89. The summed E-state index contributed by atoms with van der Waals surface area (Å²) in [6.07, 6.45) is 3.47. The van der Waals surface area contributed by atoms with E-state index in [9.17, 15) is 4.79 Å². The molecule has 0 unspecified atom stereocenters. The van der Waals surface area contributed by atoms with Crippen molar-refractivity contribution in [2.24, 2.45) is 0 Å². The van der Waals surface area contributed by atoms with E-state index in [-0.39, 0.29) is 11.2 Å². The molecule has 23 heavy (non-hydrogen) atoms. The fraction of sp³-hybridized carbons (Fsp3) is 0.529. The van der Waals surface area contributed by atoms with Crippen molar-refractivity contribution in [2.75, 3.05) is 5.75 Å². The summed E-state index contributed by atoms with van der Waals surface area (Å²) in [6.45, 7) is 11.2. The molecule has 0 aliphatic carbocycles. The third kappa shape index (κ3) is 2.88. The van der Waals surface area contributed by atoms with Crippen molar-refractivity contribution in [3.8, 4) is 0 Å². The Morgan fingerprint density at radius 1 is 1.52 bits per heavy atom. The molecule has 2 aromatic heterocycles. The number of rotatable bonds is 5. The average Bonchev–Trinajstić information content (AvgIpc) is 2.88. The second-order valence-electron chi connectivity index (χ2n) is 5.98. The van der Waals surface area contributed by atoms with Crippen molar-refractivity contribution in [3.63, 3.8) is 0 Å². The highest BCUT2D eigenvalue weighted by Crippen LogP contribution is 2.38. The normalized spacial score (nSPS) is 20.7. The number of thiophene rings is 1. The van der Waals surface area contributed by atoms with E-state index in [1.165, 1.54) is 0 Å². The Bertz CT molecular complexity index is 809. The van der Waals surface area contributed by atoms with Crippen LogP contribution in [0.5, 0.6) is 0 Å². The quantitative estimate of drug-likeness (QED) is 0.464. The maximum absolute atomic E-state index is 13.1. The maximum Gasteiger partial charge on any atom is 0.263 e. The molecule has 0 N–H and O–H groups in total. The Morgan fingerprint density at radius 2 is 2.30 bits per heavy atom. The molecule has 0 saturated carbocycles. The van der Waals surface area contributed by atoms with Crippen LogP contribution in [0.1, 0.15) is 37.6 Å². The van der Waals surface area contributed by atoms with Crippen molar-refractivity contribution < 1.29 is 4.74 Å². The van der Waals surface area contributed by atoms with Gasteiger partial charge in [0.25, 0.3) is 5.56 Å². The molecule has 4 nitrogen and oxygen atoms in total. The summed E-state index contributed by atoms with van der Waals surface area (Å²) < 4.78 is 7.76. The molecular formula is C17H22N2O2S2. The molecule has 0 radical (unpaired) electrons. The van der Waals surface area contributed by atoms with Gasteiger partial charge in [0.2, 0.25) is 0 Å². The van der Waals surface area contributed by atoms with Gasteiger partial charge in [-0.05, 0) is 24.7 Å². The molecule has 0 saturated heterocycles. The lowest BCUT2D eigenvalue weighted by atomic mass is 9.90.